The SMILES string of the molecule is c1ccc(-n2c3ccc(-n4c5ccc(-c6ccccc6-c6ccccn6)cc5c5ncccc54)cc3c3ncccc32)cc1. The van der Waals surface area contributed by atoms with E-state index >= 15 is 0 Å². The van der Waals surface area contributed by atoms with Gasteiger partial charge < -0.3 is 9.13 Å². The van der Waals surface area contributed by atoms with Crippen molar-refractivity contribution in [2.75, 3.05) is 0 Å². The lowest BCUT2D eigenvalue weighted by molar-refractivity contribution is 1.16. The highest BCUT2D eigenvalue weighted by Gasteiger charge is 2.18. The molecule has 206 valence electrons. The van der Waals surface area contributed by atoms with Gasteiger partial charge in [0.2, 0.25) is 0 Å². The minimum atomic E-state index is 0.959. The predicted molar refractivity (Wildman–Crippen MR) is 179 cm³/mol. The average Bonchev–Trinajstić information content (AvgIpc) is 3.61. The van der Waals surface area contributed by atoms with Crippen molar-refractivity contribution in [2.45, 2.75) is 0 Å². The normalized spacial score (nSPS) is 11.6. The number of hydrogen-bond acceptors (Lipinski definition) is 3. The van der Waals surface area contributed by atoms with Gasteiger partial charge in [-0.05, 0) is 90.0 Å². The largest absolute Gasteiger partial charge is 0.308 e. The molecule has 0 aliphatic rings. The van der Waals surface area contributed by atoms with E-state index in [-0.39, 0.29) is 0 Å². The fourth-order valence-electron chi connectivity index (χ4n) is 6.58. The van der Waals surface area contributed by atoms with Crippen molar-refractivity contribution in [2.24, 2.45) is 0 Å². The Morgan fingerprint density at radius 1 is 0.386 bits per heavy atom. The standard InChI is InChI=1S/C39H25N5/c1-2-10-27(11-3-1)43-35-20-18-28(25-32(35)39-36(43)15-8-23-42-39)44-34-19-17-26(24-31(34)38-37(44)16-9-22-41-38)29-12-4-5-13-30(29)33-14-6-7-21-40-33/h1-25H. The first-order valence-electron chi connectivity index (χ1n) is 14.7. The Bertz CT molecular complexity index is 2490. The summed E-state index contributed by atoms with van der Waals surface area (Å²) in [5.41, 5.74) is 12.9. The molecular weight excluding hydrogens is 538 g/mol. The Morgan fingerprint density at radius 3 is 1.73 bits per heavy atom. The van der Waals surface area contributed by atoms with E-state index in [1.165, 1.54) is 0 Å². The highest BCUT2D eigenvalue weighted by atomic mass is 15.0. The molecule has 5 heterocycles. The summed E-state index contributed by atoms with van der Waals surface area (Å²) in [5, 5.41) is 2.22. The Balaban J connectivity index is 1.27. The summed E-state index contributed by atoms with van der Waals surface area (Å²) >= 11 is 0. The summed E-state index contributed by atoms with van der Waals surface area (Å²) in [6.45, 7) is 0. The highest BCUT2D eigenvalue weighted by Crippen LogP contribution is 2.38. The van der Waals surface area contributed by atoms with E-state index in [4.69, 9.17) is 9.97 Å². The third-order valence-electron chi connectivity index (χ3n) is 8.47. The molecule has 4 aromatic carbocycles. The monoisotopic (exact) mass is 563 g/mol. The minimum absolute atomic E-state index is 0.959. The maximum Gasteiger partial charge on any atom is 0.0964 e. The predicted octanol–water partition coefficient (Wildman–Crippen LogP) is 9.40. The van der Waals surface area contributed by atoms with Crippen LogP contribution in [0, 0.1) is 0 Å². The lowest BCUT2D eigenvalue weighted by atomic mass is 9.96. The first kappa shape index (κ1) is 24.5. The van der Waals surface area contributed by atoms with Gasteiger partial charge in [-0.1, -0.05) is 54.6 Å². The molecule has 0 amide bonds. The molecule has 44 heavy (non-hydrogen) atoms. The van der Waals surface area contributed by atoms with Crippen LogP contribution >= 0.6 is 0 Å². The summed E-state index contributed by atoms with van der Waals surface area (Å²) in [6, 6.07) is 46.7. The lowest BCUT2D eigenvalue weighted by Gasteiger charge is -2.11. The number of aromatic nitrogens is 5. The van der Waals surface area contributed by atoms with Gasteiger partial charge in [0, 0.05) is 46.3 Å². The van der Waals surface area contributed by atoms with Crippen molar-refractivity contribution < 1.29 is 0 Å². The summed E-state index contributed by atoms with van der Waals surface area (Å²) in [6.07, 6.45) is 5.59. The molecule has 0 fully saturated rings. The van der Waals surface area contributed by atoms with Crippen LogP contribution in [0.1, 0.15) is 0 Å². The van der Waals surface area contributed by atoms with Crippen molar-refractivity contribution >= 4 is 43.9 Å². The zero-order chi connectivity index (χ0) is 29.0. The van der Waals surface area contributed by atoms with Crippen LogP contribution in [0.4, 0.5) is 0 Å². The fourth-order valence-corrected chi connectivity index (χ4v) is 6.58. The van der Waals surface area contributed by atoms with Crippen molar-refractivity contribution in [1.29, 1.82) is 0 Å². The van der Waals surface area contributed by atoms with E-state index < -0.39 is 0 Å². The molecule has 0 saturated carbocycles. The molecule has 5 nitrogen and oxygen atoms in total. The number of fused-ring (bicyclic) bond motifs is 6. The van der Waals surface area contributed by atoms with Crippen molar-refractivity contribution in [3.8, 4) is 33.8 Å². The first-order valence-corrected chi connectivity index (χ1v) is 14.7. The average molecular weight is 564 g/mol. The van der Waals surface area contributed by atoms with E-state index in [9.17, 15) is 0 Å². The summed E-state index contributed by atoms with van der Waals surface area (Å²) in [5.74, 6) is 0. The zero-order valence-corrected chi connectivity index (χ0v) is 23.7. The maximum absolute atomic E-state index is 4.88. The third kappa shape index (κ3) is 3.69. The van der Waals surface area contributed by atoms with Gasteiger partial charge in [-0.25, -0.2) is 0 Å². The number of hydrogen-bond donors (Lipinski definition) is 0. The smallest absolute Gasteiger partial charge is 0.0964 e. The van der Waals surface area contributed by atoms with E-state index in [0.29, 0.717) is 0 Å². The quantitative estimate of drug-likeness (QED) is 0.214. The molecule has 0 aliphatic carbocycles. The molecular formula is C39H25N5. The Kier molecular flexibility index (Phi) is 5.43. The molecule has 9 rings (SSSR count). The highest BCUT2D eigenvalue weighted by molar-refractivity contribution is 6.11. The van der Waals surface area contributed by atoms with Gasteiger partial charge in [0.1, 0.15) is 0 Å². The summed E-state index contributed by atoms with van der Waals surface area (Å²) < 4.78 is 4.61. The van der Waals surface area contributed by atoms with Crippen LogP contribution in [-0.2, 0) is 0 Å². The van der Waals surface area contributed by atoms with Gasteiger partial charge in [0.15, 0.2) is 0 Å². The maximum atomic E-state index is 4.88. The van der Waals surface area contributed by atoms with Gasteiger partial charge in [-0.15, -0.1) is 0 Å². The zero-order valence-electron chi connectivity index (χ0n) is 23.7. The van der Waals surface area contributed by atoms with Crippen molar-refractivity contribution in [3.05, 3.63) is 152 Å². The van der Waals surface area contributed by atoms with Crippen molar-refractivity contribution in [3.63, 3.8) is 0 Å². The van der Waals surface area contributed by atoms with Crippen LogP contribution in [0.2, 0.25) is 0 Å². The Labute approximate surface area is 253 Å². The van der Waals surface area contributed by atoms with Gasteiger partial charge >= 0.3 is 0 Å². The Hall–Kier alpha value is -6.07. The van der Waals surface area contributed by atoms with Gasteiger partial charge in [0.05, 0.1) is 38.8 Å². The van der Waals surface area contributed by atoms with Gasteiger partial charge in [0.25, 0.3) is 0 Å². The number of pyridine rings is 3. The fraction of sp³-hybridized carbons (Fsp3) is 0. The topological polar surface area (TPSA) is 48.5 Å². The van der Waals surface area contributed by atoms with E-state index in [0.717, 1.165) is 77.6 Å². The lowest BCUT2D eigenvalue weighted by Crippen LogP contribution is -1.95. The van der Waals surface area contributed by atoms with E-state index in [2.05, 4.69) is 117 Å². The number of rotatable bonds is 4. The second-order valence-electron chi connectivity index (χ2n) is 10.9. The number of para-hydroxylation sites is 1. The molecule has 5 aromatic heterocycles. The van der Waals surface area contributed by atoms with Crippen LogP contribution in [0.5, 0.6) is 0 Å². The molecule has 5 heteroatoms. The first-order chi connectivity index (χ1) is 21.8. The molecule has 0 bridgehead atoms. The van der Waals surface area contributed by atoms with Crippen LogP contribution in [0.25, 0.3) is 77.6 Å². The van der Waals surface area contributed by atoms with Crippen LogP contribution in [0.3, 0.4) is 0 Å². The minimum Gasteiger partial charge on any atom is -0.308 e. The van der Waals surface area contributed by atoms with Crippen LogP contribution in [-0.4, -0.2) is 24.1 Å². The third-order valence-corrected chi connectivity index (χ3v) is 8.47. The van der Waals surface area contributed by atoms with E-state index in [1.54, 1.807) is 0 Å². The number of benzene rings is 4. The molecule has 0 radical (unpaired) electrons. The molecule has 0 unspecified atom stereocenters. The van der Waals surface area contributed by atoms with Gasteiger partial charge in [-0.3, -0.25) is 15.0 Å². The molecule has 9 aromatic rings. The number of nitrogens with zero attached hydrogens (tertiary/aromatic N) is 5. The van der Waals surface area contributed by atoms with E-state index in [1.807, 2.05) is 48.9 Å². The van der Waals surface area contributed by atoms with Crippen LogP contribution < -0.4 is 0 Å². The summed E-state index contributed by atoms with van der Waals surface area (Å²) in [7, 11) is 0. The molecule has 0 spiro atoms. The second-order valence-corrected chi connectivity index (χ2v) is 10.9. The molecule has 0 aliphatic heterocycles. The van der Waals surface area contributed by atoms with Crippen molar-refractivity contribution in [1.82, 2.24) is 24.1 Å². The second kappa shape index (κ2) is 9.75. The molecule has 0 atom stereocenters. The van der Waals surface area contributed by atoms with Gasteiger partial charge in [-0.2, -0.15) is 0 Å². The molecule has 0 N–H and O–H groups in total. The molecule has 0 saturated heterocycles. The summed E-state index contributed by atoms with van der Waals surface area (Å²) in [4.78, 5) is 14.3. The Morgan fingerprint density at radius 2 is 1.00 bits per heavy atom. The van der Waals surface area contributed by atoms with Crippen LogP contribution in [0.15, 0.2) is 152 Å².